The minimum atomic E-state index is -4.60. The number of hydrogen-bond donors (Lipinski definition) is 0. The molecule has 1 atom stereocenters. The molecule has 0 spiro atoms. The SMILES string of the molecule is CC(OC(=O)N1CCN(c2ncc(OCc3ccc(S(C)(=O)=O)cc3)cn2)CC1)C(F)(F)F. The number of halogens is 3. The van der Waals surface area contributed by atoms with Crippen molar-refractivity contribution >= 4 is 21.9 Å². The Balaban J connectivity index is 1.48. The molecule has 1 aliphatic rings. The van der Waals surface area contributed by atoms with E-state index in [1.54, 1.807) is 17.0 Å². The van der Waals surface area contributed by atoms with Crippen LogP contribution in [0.2, 0.25) is 0 Å². The second-order valence-corrected chi connectivity index (χ2v) is 9.48. The highest BCUT2D eigenvalue weighted by Gasteiger charge is 2.40. The molecule has 0 aliphatic carbocycles. The summed E-state index contributed by atoms with van der Waals surface area (Å²) in [4.78, 5) is 23.6. The van der Waals surface area contributed by atoms with Crippen molar-refractivity contribution in [1.29, 1.82) is 0 Å². The topological polar surface area (TPSA) is 102 Å². The van der Waals surface area contributed by atoms with Crippen LogP contribution in [0.1, 0.15) is 12.5 Å². The van der Waals surface area contributed by atoms with Gasteiger partial charge in [0.15, 0.2) is 21.7 Å². The fourth-order valence-corrected chi connectivity index (χ4v) is 3.56. The van der Waals surface area contributed by atoms with Crippen molar-refractivity contribution in [3.63, 3.8) is 0 Å². The van der Waals surface area contributed by atoms with Crippen molar-refractivity contribution in [2.75, 3.05) is 37.3 Å². The number of rotatable bonds is 6. The number of ether oxygens (including phenoxy) is 2. The molecule has 13 heteroatoms. The molecule has 1 aliphatic heterocycles. The number of hydrogen-bond acceptors (Lipinski definition) is 8. The first-order chi connectivity index (χ1) is 15.4. The lowest BCUT2D eigenvalue weighted by Crippen LogP contribution is -2.50. The van der Waals surface area contributed by atoms with Crippen LogP contribution in [0.3, 0.4) is 0 Å². The van der Waals surface area contributed by atoms with Crippen LogP contribution < -0.4 is 9.64 Å². The van der Waals surface area contributed by atoms with Gasteiger partial charge in [0.05, 0.1) is 17.3 Å². The molecule has 1 unspecified atom stereocenters. The quantitative estimate of drug-likeness (QED) is 0.612. The normalized spacial score (nSPS) is 15.8. The van der Waals surface area contributed by atoms with Crippen LogP contribution in [0, 0.1) is 0 Å². The van der Waals surface area contributed by atoms with Gasteiger partial charge in [-0.1, -0.05) is 12.1 Å². The molecule has 1 fully saturated rings. The van der Waals surface area contributed by atoms with Gasteiger partial charge in [-0.25, -0.2) is 23.2 Å². The van der Waals surface area contributed by atoms with Gasteiger partial charge in [-0.05, 0) is 24.6 Å². The molecule has 180 valence electrons. The van der Waals surface area contributed by atoms with E-state index in [1.807, 2.05) is 0 Å². The van der Waals surface area contributed by atoms with Gasteiger partial charge >= 0.3 is 12.3 Å². The number of piperazine rings is 1. The molecule has 0 saturated carbocycles. The van der Waals surface area contributed by atoms with Crippen LogP contribution in [0.25, 0.3) is 0 Å². The second kappa shape index (κ2) is 9.81. The summed E-state index contributed by atoms with van der Waals surface area (Å²) in [7, 11) is -3.26. The molecular weight excluding hydrogens is 465 g/mol. The van der Waals surface area contributed by atoms with Crippen LogP contribution in [0.15, 0.2) is 41.6 Å². The van der Waals surface area contributed by atoms with E-state index in [0.717, 1.165) is 18.7 Å². The Bertz CT molecular complexity index is 1050. The number of aromatic nitrogens is 2. The van der Waals surface area contributed by atoms with Gasteiger partial charge in [0.2, 0.25) is 5.95 Å². The van der Waals surface area contributed by atoms with Gasteiger partial charge in [-0.3, -0.25) is 0 Å². The summed E-state index contributed by atoms with van der Waals surface area (Å²) >= 11 is 0. The zero-order valence-electron chi connectivity index (χ0n) is 17.9. The zero-order chi connectivity index (χ0) is 24.2. The predicted octanol–water partition coefficient (Wildman–Crippen LogP) is 2.67. The molecule has 0 bridgehead atoms. The third-order valence-electron chi connectivity index (χ3n) is 4.93. The summed E-state index contributed by atoms with van der Waals surface area (Å²) in [5.74, 6) is 0.811. The van der Waals surface area contributed by atoms with Crippen molar-refractivity contribution in [3.8, 4) is 5.75 Å². The van der Waals surface area contributed by atoms with E-state index in [2.05, 4.69) is 14.7 Å². The number of carbonyl (C=O) groups excluding carboxylic acids is 1. The number of anilines is 1. The molecule has 1 aromatic carbocycles. The largest absolute Gasteiger partial charge is 0.486 e. The van der Waals surface area contributed by atoms with Crippen molar-refractivity contribution in [3.05, 3.63) is 42.2 Å². The Kier molecular flexibility index (Phi) is 7.30. The summed E-state index contributed by atoms with van der Waals surface area (Å²) in [6, 6.07) is 6.33. The zero-order valence-corrected chi connectivity index (χ0v) is 18.8. The Labute approximate surface area is 189 Å². The molecule has 3 rings (SSSR count). The predicted molar refractivity (Wildman–Crippen MR) is 112 cm³/mol. The van der Waals surface area contributed by atoms with E-state index in [4.69, 9.17) is 4.74 Å². The van der Waals surface area contributed by atoms with E-state index in [1.165, 1.54) is 29.4 Å². The molecule has 1 amide bonds. The standard InChI is InChI=1S/C20H23F3N4O5S/c1-14(20(21,22)23)32-19(28)27-9-7-26(8-10-27)18-24-11-16(12-25-18)31-13-15-3-5-17(6-4-15)33(2,29)30/h3-6,11-12,14H,7-10,13H2,1-2H3. The average molecular weight is 488 g/mol. The number of carbonyl (C=O) groups is 1. The lowest BCUT2D eigenvalue weighted by Gasteiger charge is -2.34. The number of alkyl halides is 3. The summed E-state index contributed by atoms with van der Waals surface area (Å²) in [5.41, 5.74) is 0.773. The van der Waals surface area contributed by atoms with Crippen LogP contribution in [0.4, 0.5) is 23.9 Å². The maximum atomic E-state index is 12.6. The third kappa shape index (κ3) is 6.70. The Morgan fingerprint density at radius 1 is 1.09 bits per heavy atom. The fraction of sp³-hybridized carbons (Fsp3) is 0.450. The van der Waals surface area contributed by atoms with Gasteiger partial charge in [0.25, 0.3) is 0 Å². The van der Waals surface area contributed by atoms with Crippen LogP contribution >= 0.6 is 0 Å². The lowest BCUT2D eigenvalue weighted by atomic mass is 10.2. The molecule has 9 nitrogen and oxygen atoms in total. The maximum Gasteiger partial charge on any atom is 0.425 e. The molecule has 1 aromatic heterocycles. The summed E-state index contributed by atoms with van der Waals surface area (Å²) in [6.07, 6.45) is -3.67. The average Bonchev–Trinajstić information content (AvgIpc) is 2.77. The van der Waals surface area contributed by atoms with Gasteiger partial charge < -0.3 is 19.3 Å². The smallest absolute Gasteiger partial charge is 0.425 e. The summed E-state index contributed by atoms with van der Waals surface area (Å²) in [6.45, 7) is 2.01. The minimum Gasteiger partial charge on any atom is -0.486 e. The van der Waals surface area contributed by atoms with E-state index in [9.17, 15) is 26.4 Å². The lowest BCUT2D eigenvalue weighted by molar-refractivity contribution is -0.199. The number of nitrogens with zero attached hydrogens (tertiary/aromatic N) is 4. The van der Waals surface area contributed by atoms with Crippen molar-refractivity contribution < 1.29 is 35.9 Å². The first-order valence-corrected chi connectivity index (χ1v) is 11.8. The summed E-state index contributed by atoms with van der Waals surface area (Å²) < 4.78 is 70.7. The number of amides is 1. The van der Waals surface area contributed by atoms with Gasteiger partial charge in [0, 0.05) is 32.4 Å². The Hall–Kier alpha value is -3.09. The second-order valence-electron chi connectivity index (χ2n) is 7.47. The highest BCUT2D eigenvalue weighted by molar-refractivity contribution is 7.90. The maximum absolute atomic E-state index is 12.6. The first kappa shape index (κ1) is 24.6. The van der Waals surface area contributed by atoms with Gasteiger partial charge in [0.1, 0.15) is 6.61 Å². The van der Waals surface area contributed by atoms with Crippen LogP contribution in [-0.2, 0) is 21.2 Å². The van der Waals surface area contributed by atoms with Crippen LogP contribution in [-0.4, -0.2) is 74.1 Å². The molecule has 1 saturated heterocycles. The van der Waals surface area contributed by atoms with Crippen molar-refractivity contribution in [2.45, 2.75) is 30.7 Å². The fourth-order valence-electron chi connectivity index (χ4n) is 2.93. The monoisotopic (exact) mass is 488 g/mol. The molecular formula is C20H23F3N4O5S. The van der Waals surface area contributed by atoms with E-state index in [-0.39, 0.29) is 24.6 Å². The minimum absolute atomic E-state index is 0.175. The van der Waals surface area contributed by atoms with E-state index < -0.39 is 28.2 Å². The van der Waals surface area contributed by atoms with Crippen LogP contribution in [0.5, 0.6) is 5.75 Å². The molecule has 0 N–H and O–H groups in total. The molecule has 2 heterocycles. The Morgan fingerprint density at radius 3 is 2.18 bits per heavy atom. The summed E-state index contributed by atoms with van der Waals surface area (Å²) in [5, 5.41) is 0. The highest BCUT2D eigenvalue weighted by Crippen LogP contribution is 2.23. The van der Waals surface area contributed by atoms with E-state index >= 15 is 0 Å². The van der Waals surface area contributed by atoms with Gasteiger partial charge in [-0.15, -0.1) is 0 Å². The molecule has 33 heavy (non-hydrogen) atoms. The third-order valence-corrected chi connectivity index (χ3v) is 6.06. The molecule has 0 radical (unpaired) electrons. The number of sulfone groups is 1. The first-order valence-electron chi connectivity index (χ1n) is 9.94. The van der Waals surface area contributed by atoms with E-state index in [0.29, 0.717) is 24.8 Å². The molecule has 2 aromatic rings. The highest BCUT2D eigenvalue weighted by atomic mass is 32.2. The number of benzene rings is 1. The van der Waals surface area contributed by atoms with Crippen molar-refractivity contribution in [1.82, 2.24) is 14.9 Å². The Morgan fingerprint density at radius 2 is 1.67 bits per heavy atom. The van der Waals surface area contributed by atoms with Gasteiger partial charge in [-0.2, -0.15) is 13.2 Å². The van der Waals surface area contributed by atoms with Crippen molar-refractivity contribution in [2.24, 2.45) is 0 Å².